The van der Waals surface area contributed by atoms with Crippen molar-refractivity contribution in [3.8, 4) is 5.75 Å². The number of likely N-dealkylation sites (N-methyl/N-ethyl adjacent to an activating group) is 1. The Morgan fingerprint density at radius 3 is 2.79 bits per heavy atom. The highest BCUT2D eigenvalue weighted by molar-refractivity contribution is 6.30. The van der Waals surface area contributed by atoms with Crippen molar-refractivity contribution in [3.63, 3.8) is 0 Å². The standard InChI is InChI=1S/C21H24ClN5O2/c1-5-17(29-16-9-7-14(22)8-10-16)19-20(23-3)24-25-21(19)26(4)15-11-12-27(13-15)18(28)6-2/h5-10,15H,2-3,11-13H2,1,4H3,(H,24,25)/b17-5+/t15-/m1/s1. The van der Waals surface area contributed by atoms with E-state index in [-0.39, 0.29) is 11.9 Å². The van der Waals surface area contributed by atoms with Crippen molar-refractivity contribution in [1.29, 1.82) is 0 Å². The molecule has 1 atom stereocenters. The Labute approximate surface area is 175 Å². The number of hydrogen-bond acceptors (Lipinski definition) is 5. The minimum Gasteiger partial charge on any atom is -0.457 e. The molecule has 1 N–H and O–H groups in total. The van der Waals surface area contributed by atoms with Crippen LogP contribution in [-0.2, 0) is 4.79 Å². The Morgan fingerprint density at radius 2 is 2.17 bits per heavy atom. The van der Waals surface area contributed by atoms with Gasteiger partial charge in [-0.1, -0.05) is 18.2 Å². The third-order valence-corrected chi connectivity index (χ3v) is 5.22. The first kappa shape index (κ1) is 20.7. The van der Waals surface area contributed by atoms with Gasteiger partial charge in [0, 0.05) is 31.2 Å². The molecule has 1 saturated heterocycles. The molecule has 8 heteroatoms. The highest BCUT2D eigenvalue weighted by Crippen LogP contribution is 2.36. The molecule has 7 nitrogen and oxygen atoms in total. The molecular formula is C21H24ClN5O2. The lowest BCUT2D eigenvalue weighted by molar-refractivity contribution is -0.125. The van der Waals surface area contributed by atoms with Gasteiger partial charge >= 0.3 is 0 Å². The van der Waals surface area contributed by atoms with E-state index in [1.807, 2.05) is 24.9 Å². The maximum absolute atomic E-state index is 11.9. The van der Waals surface area contributed by atoms with Crippen molar-refractivity contribution in [1.82, 2.24) is 15.1 Å². The van der Waals surface area contributed by atoms with Crippen LogP contribution in [-0.4, -0.2) is 53.9 Å². The number of likely N-dealkylation sites (tertiary alicyclic amines) is 1. The lowest BCUT2D eigenvalue weighted by Crippen LogP contribution is -2.36. The second kappa shape index (κ2) is 8.96. The predicted molar refractivity (Wildman–Crippen MR) is 117 cm³/mol. The molecule has 1 aromatic heterocycles. The van der Waals surface area contributed by atoms with Gasteiger partial charge in [-0.3, -0.25) is 9.89 Å². The number of carbonyl (C=O) groups excluding carboxylic acids is 1. The van der Waals surface area contributed by atoms with Gasteiger partial charge in [-0.25, -0.2) is 4.99 Å². The smallest absolute Gasteiger partial charge is 0.246 e. The number of halogens is 1. The van der Waals surface area contributed by atoms with Crippen molar-refractivity contribution in [2.75, 3.05) is 25.0 Å². The zero-order chi connectivity index (χ0) is 21.0. The molecule has 29 heavy (non-hydrogen) atoms. The number of allylic oxidation sites excluding steroid dienone is 1. The van der Waals surface area contributed by atoms with Gasteiger partial charge in [0.1, 0.15) is 17.1 Å². The van der Waals surface area contributed by atoms with Crippen LogP contribution in [0.5, 0.6) is 5.75 Å². The Bertz CT molecular complexity index is 935. The molecule has 0 bridgehead atoms. The molecule has 0 unspecified atom stereocenters. The molecule has 2 aromatic rings. The number of carbonyl (C=O) groups is 1. The summed E-state index contributed by atoms with van der Waals surface area (Å²) in [5.41, 5.74) is 0.716. The summed E-state index contributed by atoms with van der Waals surface area (Å²) in [6.45, 7) is 10.4. The van der Waals surface area contributed by atoms with Crippen LogP contribution in [0.2, 0.25) is 5.02 Å². The first-order valence-electron chi connectivity index (χ1n) is 9.27. The first-order valence-corrected chi connectivity index (χ1v) is 9.65. The quantitative estimate of drug-likeness (QED) is 0.422. The van der Waals surface area contributed by atoms with Crippen LogP contribution in [0.15, 0.2) is 48.0 Å². The topological polar surface area (TPSA) is 73.8 Å². The first-order chi connectivity index (χ1) is 14.0. The van der Waals surface area contributed by atoms with E-state index in [2.05, 4.69) is 28.5 Å². The summed E-state index contributed by atoms with van der Waals surface area (Å²) in [5, 5.41) is 8.01. The van der Waals surface area contributed by atoms with Gasteiger partial charge in [0.2, 0.25) is 5.91 Å². The van der Waals surface area contributed by atoms with E-state index in [9.17, 15) is 4.79 Å². The van der Waals surface area contributed by atoms with E-state index in [1.54, 1.807) is 29.2 Å². The highest BCUT2D eigenvalue weighted by atomic mass is 35.5. The molecule has 1 aromatic carbocycles. The summed E-state index contributed by atoms with van der Waals surface area (Å²) in [6, 6.07) is 7.25. The third kappa shape index (κ3) is 4.35. The SMILES string of the molecule is C=CC(=O)N1CC[C@@H](N(C)c2n[nH]c(N=C)c2/C(=C\C)Oc2ccc(Cl)cc2)C1. The van der Waals surface area contributed by atoms with Crippen LogP contribution < -0.4 is 9.64 Å². The molecular weight excluding hydrogens is 390 g/mol. The zero-order valence-corrected chi connectivity index (χ0v) is 17.3. The number of amides is 1. The summed E-state index contributed by atoms with van der Waals surface area (Å²) in [7, 11) is 1.95. The lowest BCUT2D eigenvalue weighted by Gasteiger charge is -2.26. The van der Waals surface area contributed by atoms with E-state index in [1.165, 1.54) is 6.08 Å². The van der Waals surface area contributed by atoms with Crippen LogP contribution in [0.1, 0.15) is 18.9 Å². The van der Waals surface area contributed by atoms with E-state index in [4.69, 9.17) is 16.3 Å². The molecule has 0 radical (unpaired) electrons. The number of H-pyrrole nitrogens is 1. The van der Waals surface area contributed by atoms with Gasteiger partial charge in [0.05, 0.1) is 0 Å². The number of nitrogens with one attached hydrogen (secondary N) is 1. The zero-order valence-electron chi connectivity index (χ0n) is 16.6. The average Bonchev–Trinajstić information content (AvgIpc) is 3.39. The highest BCUT2D eigenvalue weighted by Gasteiger charge is 2.31. The molecule has 152 valence electrons. The maximum atomic E-state index is 11.9. The fourth-order valence-corrected chi connectivity index (χ4v) is 3.49. The third-order valence-electron chi connectivity index (χ3n) is 4.97. The fourth-order valence-electron chi connectivity index (χ4n) is 3.36. The number of hydrogen-bond donors (Lipinski definition) is 1. The predicted octanol–water partition coefficient (Wildman–Crippen LogP) is 4.06. The summed E-state index contributed by atoms with van der Waals surface area (Å²) in [5.74, 6) is 2.40. The van der Waals surface area contributed by atoms with E-state index >= 15 is 0 Å². The Balaban J connectivity index is 1.88. The molecule has 0 spiro atoms. The Morgan fingerprint density at radius 1 is 1.45 bits per heavy atom. The summed E-state index contributed by atoms with van der Waals surface area (Å²) < 4.78 is 6.09. The Hall–Kier alpha value is -3.06. The normalized spacial score (nSPS) is 16.6. The number of aliphatic imine (C=N–C) groups is 1. The fraction of sp³-hybridized carbons (Fsp3) is 0.286. The van der Waals surface area contributed by atoms with Crippen molar-refractivity contribution < 1.29 is 9.53 Å². The van der Waals surface area contributed by atoms with Gasteiger partial charge in [0.25, 0.3) is 0 Å². The van der Waals surface area contributed by atoms with Gasteiger partial charge in [-0.15, -0.1) is 0 Å². The van der Waals surface area contributed by atoms with Gasteiger partial charge in [-0.2, -0.15) is 5.10 Å². The number of rotatable bonds is 7. The van der Waals surface area contributed by atoms with E-state index in [0.29, 0.717) is 46.8 Å². The monoisotopic (exact) mass is 413 g/mol. The van der Waals surface area contributed by atoms with Crippen molar-refractivity contribution in [2.45, 2.75) is 19.4 Å². The van der Waals surface area contributed by atoms with Gasteiger partial charge < -0.3 is 14.5 Å². The number of benzene rings is 1. The number of ether oxygens (including phenoxy) is 1. The number of aromatic nitrogens is 2. The second-order valence-corrected chi connectivity index (χ2v) is 7.12. The van der Waals surface area contributed by atoms with Gasteiger partial charge in [-0.05, 0) is 56.5 Å². The Kier molecular flexibility index (Phi) is 6.39. The molecule has 0 aliphatic carbocycles. The molecule has 1 aliphatic heterocycles. The van der Waals surface area contributed by atoms with Crippen LogP contribution >= 0.6 is 11.6 Å². The van der Waals surface area contributed by atoms with Crippen molar-refractivity contribution in [2.24, 2.45) is 4.99 Å². The molecule has 0 saturated carbocycles. The van der Waals surface area contributed by atoms with Crippen LogP contribution in [0.3, 0.4) is 0 Å². The summed E-state index contributed by atoms with van der Waals surface area (Å²) >= 11 is 5.96. The molecule has 2 heterocycles. The molecule has 1 fully saturated rings. The van der Waals surface area contributed by atoms with Crippen LogP contribution in [0, 0.1) is 0 Å². The largest absolute Gasteiger partial charge is 0.457 e. The minimum absolute atomic E-state index is 0.0585. The maximum Gasteiger partial charge on any atom is 0.246 e. The second-order valence-electron chi connectivity index (χ2n) is 6.68. The van der Waals surface area contributed by atoms with Crippen LogP contribution in [0.4, 0.5) is 11.6 Å². The lowest BCUT2D eigenvalue weighted by atomic mass is 10.1. The van der Waals surface area contributed by atoms with E-state index in [0.717, 1.165) is 6.42 Å². The van der Waals surface area contributed by atoms with Crippen LogP contribution in [0.25, 0.3) is 5.76 Å². The molecule has 3 rings (SSSR count). The number of nitrogens with zero attached hydrogens (tertiary/aromatic N) is 4. The molecule has 1 aliphatic rings. The van der Waals surface area contributed by atoms with Crippen molar-refractivity contribution >= 4 is 41.6 Å². The van der Waals surface area contributed by atoms with Gasteiger partial charge in [0.15, 0.2) is 11.6 Å². The number of anilines is 1. The van der Waals surface area contributed by atoms with Crippen molar-refractivity contribution in [3.05, 3.63) is 53.6 Å². The average molecular weight is 414 g/mol. The summed E-state index contributed by atoms with van der Waals surface area (Å²) in [6.07, 6.45) is 4.04. The number of aromatic amines is 1. The minimum atomic E-state index is -0.0585. The summed E-state index contributed by atoms with van der Waals surface area (Å²) in [4.78, 5) is 19.8. The molecule has 1 amide bonds. The van der Waals surface area contributed by atoms with E-state index < -0.39 is 0 Å².